The highest BCUT2D eigenvalue weighted by Crippen LogP contribution is 2.40. The largest absolute Gasteiger partial charge is 0.497 e. The number of carbonyl (C=O) groups excluding carboxylic acids is 5. The van der Waals surface area contributed by atoms with Crippen LogP contribution in [0, 0.1) is 75.1 Å². The third-order valence-electron chi connectivity index (χ3n) is 18.3. The molecule has 0 aliphatic rings. The minimum atomic E-state index is -4.76. The number of esters is 5. The topological polar surface area (TPSA) is 178 Å². The molecule has 626 valence electrons. The van der Waals surface area contributed by atoms with Crippen molar-refractivity contribution < 1.29 is 88.9 Å². The van der Waals surface area contributed by atoms with Gasteiger partial charge in [0.1, 0.15) is 40.3 Å². The Morgan fingerprint density at radius 3 is 1.18 bits per heavy atom. The van der Waals surface area contributed by atoms with Crippen LogP contribution >= 0.6 is 93.6 Å². The average molecular weight is 1780 g/mol. The number of thioether (sulfide) groups is 5. The molecule has 0 radical (unpaired) electrons. The van der Waals surface area contributed by atoms with Crippen molar-refractivity contribution in [1.29, 1.82) is 0 Å². The molecule has 10 aromatic carbocycles. The van der Waals surface area contributed by atoms with Gasteiger partial charge in [-0.1, -0.05) is 159 Å². The van der Waals surface area contributed by atoms with Gasteiger partial charge < -0.3 is 47.4 Å². The van der Waals surface area contributed by atoms with E-state index in [1.54, 1.807) is 48.5 Å². The van der Waals surface area contributed by atoms with E-state index in [0.717, 1.165) is 125 Å². The van der Waals surface area contributed by atoms with Crippen LogP contribution in [-0.4, -0.2) is 95.3 Å². The number of benzene rings is 10. The molecule has 10 aromatic rings. The zero-order chi connectivity index (χ0) is 85.6. The van der Waals surface area contributed by atoms with Crippen LogP contribution in [0.3, 0.4) is 0 Å². The van der Waals surface area contributed by atoms with Crippen LogP contribution in [0.1, 0.15) is 93.3 Å². The summed E-state index contributed by atoms with van der Waals surface area (Å²) >= 11 is 25.4. The molecule has 10 rings (SSSR count). The molecular formula is C92H89Cl3F4O15S5. The second-order valence-electron chi connectivity index (χ2n) is 28.2. The first-order valence-corrected chi connectivity index (χ1v) is 43.6. The third-order valence-corrected chi connectivity index (χ3v) is 25.5. The Hall–Kier alpha value is -9.11. The van der Waals surface area contributed by atoms with Gasteiger partial charge in [-0.3, -0.25) is 0 Å². The molecule has 0 heterocycles. The zero-order valence-electron chi connectivity index (χ0n) is 67.0. The van der Waals surface area contributed by atoms with Crippen molar-refractivity contribution in [1.82, 2.24) is 0 Å². The van der Waals surface area contributed by atoms with Crippen molar-refractivity contribution in [2.75, 3.05) is 18.6 Å². The molecule has 0 N–H and O–H groups in total. The summed E-state index contributed by atoms with van der Waals surface area (Å²) < 4.78 is 121. The summed E-state index contributed by atoms with van der Waals surface area (Å²) in [4.78, 5) is 80.7. The number of ether oxygens (including phenoxy) is 10. The van der Waals surface area contributed by atoms with E-state index in [9.17, 15) is 22.4 Å². The standard InChI is InChI=1S/C92H89Cl3F4O15S5/c1-53-16-35-79(59(7)43-53)115-41-39-74(109-70-14-12-13-63(48-70)92(97,98)99)87(100)111-84(117-81-37-18-55(3)45-61(81)9)50-76(107-68-27-23-65(96)24-28-68)89(102)112-85(118-82-38-19-56(4)46-62(82)10)51-77(108-69-31-29-66(105-11)30-32-69)90(103)113-86(119-83-47-57(5)15-20-58(83)6)52-78(110-71-33-34-72(94)73(95)49-71)91(104)114-88(101)75(106-67-25-21-64(93)22-26-67)40-42-116-80-36-17-54(2)44-60(80)8/h12-38,43-49,74-78,84-86H,39-42,50-52H2,1-11H3. The van der Waals surface area contributed by atoms with E-state index in [1.807, 2.05) is 160 Å². The molecule has 0 aliphatic carbocycles. The van der Waals surface area contributed by atoms with Crippen molar-refractivity contribution in [3.8, 4) is 34.5 Å². The van der Waals surface area contributed by atoms with E-state index < -0.39 is 113 Å². The molecule has 0 saturated heterocycles. The molecule has 0 aliphatic heterocycles. The maximum atomic E-state index is 16.0. The molecule has 0 fully saturated rings. The molecule has 27 heteroatoms. The Morgan fingerprint density at radius 2 is 0.714 bits per heavy atom. The molecule has 0 aromatic heterocycles. The van der Waals surface area contributed by atoms with Gasteiger partial charge >= 0.3 is 36.0 Å². The lowest BCUT2D eigenvalue weighted by molar-refractivity contribution is -0.171. The summed E-state index contributed by atoms with van der Waals surface area (Å²) in [6, 6.07) is 54.6. The zero-order valence-corrected chi connectivity index (χ0v) is 73.4. The molecule has 15 nitrogen and oxygen atoms in total. The van der Waals surface area contributed by atoms with Gasteiger partial charge in [0.2, 0.25) is 6.10 Å². The number of rotatable bonds is 39. The van der Waals surface area contributed by atoms with Crippen LogP contribution in [-0.2, 0) is 49.1 Å². The van der Waals surface area contributed by atoms with Crippen LogP contribution in [0.15, 0.2) is 231 Å². The Labute approximate surface area is 727 Å². The first-order valence-electron chi connectivity index (χ1n) is 37.9. The fraction of sp³-hybridized carbons (Fsp3) is 0.293. The first kappa shape index (κ1) is 92.2. The van der Waals surface area contributed by atoms with E-state index in [4.69, 9.17) is 82.2 Å². The third kappa shape index (κ3) is 28.5. The molecule has 0 bridgehead atoms. The molecule has 8 unspecified atom stereocenters. The van der Waals surface area contributed by atoms with Crippen LogP contribution in [0.4, 0.5) is 17.6 Å². The quantitative estimate of drug-likeness (QED) is 0.00886. The van der Waals surface area contributed by atoms with Crippen LogP contribution < -0.4 is 28.4 Å². The van der Waals surface area contributed by atoms with E-state index in [0.29, 0.717) is 31.2 Å². The summed E-state index contributed by atoms with van der Waals surface area (Å²) in [5.41, 5.74) is 3.77. The first-order chi connectivity index (χ1) is 56.8. The van der Waals surface area contributed by atoms with Gasteiger partial charge in [0.25, 0.3) is 0 Å². The van der Waals surface area contributed by atoms with Gasteiger partial charge in [0.05, 0.1) is 22.7 Å². The normalized spacial score (nSPS) is 13.4. The highest BCUT2D eigenvalue weighted by atomic mass is 35.5. The van der Waals surface area contributed by atoms with Gasteiger partial charge in [-0.25, -0.2) is 28.4 Å². The summed E-state index contributed by atoms with van der Waals surface area (Å²) in [6.45, 7) is 19.1. The monoisotopic (exact) mass is 1770 g/mol. The van der Waals surface area contributed by atoms with E-state index in [1.165, 1.54) is 73.1 Å². The summed E-state index contributed by atoms with van der Waals surface area (Å²) in [7, 11) is 1.48. The van der Waals surface area contributed by atoms with Crippen molar-refractivity contribution in [2.24, 2.45) is 0 Å². The fourth-order valence-corrected chi connectivity index (χ4v) is 18.0. The number of halogens is 7. The Balaban J connectivity index is 1.02. The minimum absolute atomic E-state index is 0.0109. The number of methoxy groups -OCH3 is 1. The van der Waals surface area contributed by atoms with Gasteiger partial charge in [0, 0.05) is 79.2 Å². The molecule has 0 amide bonds. The van der Waals surface area contributed by atoms with E-state index in [-0.39, 0.29) is 57.4 Å². The highest BCUT2D eigenvalue weighted by Gasteiger charge is 2.40. The predicted octanol–water partition coefficient (Wildman–Crippen LogP) is 24.0. The lowest BCUT2D eigenvalue weighted by Gasteiger charge is -2.29. The number of alkyl halides is 3. The van der Waals surface area contributed by atoms with Gasteiger partial charge in [-0.05, 0) is 236 Å². The number of hydrogen-bond donors (Lipinski definition) is 0. The Morgan fingerprint density at radius 1 is 0.353 bits per heavy atom. The van der Waals surface area contributed by atoms with Crippen LogP contribution in [0.2, 0.25) is 15.1 Å². The Bertz CT molecular complexity index is 5160. The van der Waals surface area contributed by atoms with Gasteiger partial charge in [-0.2, -0.15) is 13.2 Å². The second kappa shape index (κ2) is 43.9. The lowest BCUT2D eigenvalue weighted by Crippen LogP contribution is -2.41. The Kier molecular flexibility index (Phi) is 34.0. The highest BCUT2D eigenvalue weighted by molar-refractivity contribution is 8.00. The van der Waals surface area contributed by atoms with E-state index >= 15 is 19.2 Å². The summed E-state index contributed by atoms with van der Waals surface area (Å²) in [5, 5.41) is 0.631. The van der Waals surface area contributed by atoms with Crippen molar-refractivity contribution >= 4 is 123 Å². The molecular weight excluding hydrogens is 1690 g/mol. The van der Waals surface area contributed by atoms with Crippen molar-refractivity contribution in [3.05, 3.63) is 288 Å². The SMILES string of the molecule is COc1ccc(OC(CC(OC(=O)C(CC(OC(=O)C(CCSc2ccc(C)cc2C)Oc2cccc(C(F)(F)F)c2)Sc2ccc(C)cc2C)Oc2ccc(F)cc2)Sc2ccc(C)cc2C)C(=O)OC(CC(Oc2ccc(Cl)c(Cl)c2)C(=O)OC(=O)C(CCSc2ccc(C)cc2C)Oc2ccc(Cl)cc2)Sc2cc(C)ccc2C)cc1. The molecule has 119 heavy (non-hydrogen) atoms. The van der Waals surface area contributed by atoms with E-state index in [2.05, 4.69) is 0 Å². The van der Waals surface area contributed by atoms with Gasteiger partial charge in [-0.15, -0.1) is 23.5 Å². The van der Waals surface area contributed by atoms with Gasteiger partial charge in [0.15, 0.2) is 40.7 Å². The number of hydrogen-bond acceptors (Lipinski definition) is 20. The average Bonchev–Trinajstić information content (AvgIpc) is 1.06. The van der Waals surface area contributed by atoms with Crippen LogP contribution in [0.25, 0.3) is 0 Å². The molecule has 8 atom stereocenters. The number of carbonyl (C=O) groups is 5. The lowest BCUT2D eigenvalue weighted by atomic mass is 10.2. The second-order valence-corrected chi connectivity index (χ2v) is 35.4. The molecule has 0 spiro atoms. The van der Waals surface area contributed by atoms with Crippen molar-refractivity contribution in [3.63, 3.8) is 0 Å². The van der Waals surface area contributed by atoms with Crippen LogP contribution in [0.5, 0.6) is 34.5 Å². The van der Waals surface area contributed by atoms with Crippen molar-refractivity contribution in [2.45, 2.75) is 179 Å². The smallest absolute Gasteiger partial charge is 0.416 e. The predicted molar refractivity (Wildman–Crippen MR) is 463 cm³/mol. The molecule has 0 saturated carbocycles. The fourth-order valence-electron chi connectivity index (χ4n) is 12.2. The maximum Gasteiger partial charge on any atom is 0.416 e. The minimum Gasteiger partial charge on any atom is -0.497 e. The maximum absolute atomic E-state index is 16.0. The summed E-state index contributed by atoms with van der Waals surface area (Å²) in [5.74, 6) is -4.84. The number of aryl methyl sites for hydroxylation is 10. The summed E-state index contributed by atoms with van der Waals surface area (Å²) in [6.07, 6.45) is -14.4.